The largest absolute Gasteiger partial charge is 0.372 e. The topological polar surface area (TPSA) is 38.2 Å². The summed E-state index contributed by atoms with van der Waals surface area (Å²) in [6.07, 6.45) is 2.16. The number of aromatic nitrogens is 2. The lowest BCUT2D eigenvalue weighted by Gasteiger charge is -2.36. The summed E-state index contributed by atoms with van der Waals surface area (Å²) in [4.78, 5) is 10.7. The zero-order valence-corrected chi connectivity index (χ0v) is 9.47. The van der Waals surface area contributed by atoms with Crippen molar-refractivity contribution in [3.8, 4) is 0 Å². The third kappa shape index (κ3) is 2.45. The summed E-state index contributed by atoms with van der Waals surface area (Å²) in [6, 6.07) is 2.02. The maximum atomic E-state index is 5.68. The molecule has 0 unspecified atom stereocenters. The van der Waals surface area contributed by atoms with Crippen molar-refractivity contribution >= 4 is 5.82 Å². The second-order valence-electron chi connectivity index (χ2n) is 4.18. The van der Waals surface area contributed by atoms with E-state index in [1.165, 1.54) is 0 Å². The Kier molecular flexibility index (Phi) is 2.86. The van der Waals surface area contributed by atoms with Gasteiger partial charge in [0, 0.05) is 24.8 Å². The van der Waals surface area contributed by atoms with Crippen molar-refractivity contribution in [3.63, 3.8) is 0 Å². The van der Waals surface area contributed by atoms with Gasteiger partial charge in [-0.1, -0.05) is 0 Å². The molecule has 0 N–H and O–H groups in total. The molecular formula is C11H17N3O. The predicted octanol–water partition coefficient (Wildman–Crippen LogP) is 1.40. The van der Waals surface area contributed by atoms with Crippen LogP contribution in [0.2, 0.25) is 0 Å². The van der Waals surface area contributed by atoms with Gasteiger partial charge in [0.05, 0.1) is 12.2 Å². The van der Waals surface area contributed by atoms with E-state index in [9.17, 15) is 0 Å². The standard InChI is InChI=1S/C11H17N3O/c1-8-4-11(13-7-12-8)14-5-9(2)15-10(3)6-14/h4,7,9-10H,5-6H2,1-3H3/t9-,10-/m0/s1. The number of nitrogens with zero attached hydrogens (tertiary/aromatic N) is 3. The van der Waals surface area contributed by atoms with Gasteiger partial charge in [-0.25, -0.2) is 9.97 Å². The van der Waals surface area contributed by atoms with Crippen molar-refractivity contribution in [2.45, 2.75) is 33.0 Å². The predicted molar refractivity (Wildman–Crippen MR) is 59.0 cm³/mol. The highest BCUT2D eigenvalue weighted by atomic mass is 16.5. The van der Waals surface area contributed by atoms with Crippen LogP contribution in [0.4, 0.5) is 5.82 Å². The quantitative estimate of drug-likeness (QED) is 0.697. The first-order chi connectivity index (χ1) is 7.15. The van der Waals surface area contributed by atoms with Gasteiger partial charge in [0.1, 0.15) is 12.1 Å². The lowest BCUT2D eigenvalue weighted by molar-refractivity contribution is -0.00547. The maximum absolute atomic E-state index is 5.68. The monoisotopic (exact) mass is 207 g/mol. The highest BCUT2D eigenvalue weighted by Gasteiger charge is 2.22. The molecule has 2 rings (SSSR count). The number of hydrogen-bond donors (Lipinski definition) is 0. The molecule has 1 aliphatic heterocycles. The Morgan fingerprint density at radius 2 is 1.93 bits per heavy atom. The molecule has 0 aromatic carbocycles. The Labute approximate surface area is 90.3 Å². The number of morpholine rings is 1. The first-order valence-electron chi connectivity index (χ1n) is 5.34. The zero-order chi connectivity index (χ0) is 10.8. The van der Waals surface area contributed by atoms with Crippen LogP contribution >= 0.6 is 0 Å². The highest BCUT2D eigenvalue weighted by Crippen LogP contribution is 2.17. The van der Waals surface area contributed by atoms with E-state index in [1.54, 1.807) is 6.33 Å². The molecule has 1 fully saturated rings. The van der Waals surface area contributed by atoms with E-state index < -0.39 is 0 Å². The van der Waals surface area contributed by atoms with Crippen LogP contribution in [0.3, 0.4) is 0 Å². The van der Waals surface area contributed by atoms with E-state index in [0.717, 1.165) is 24.6 Å². The SMILES string of the molecule is Cc1cc(N2C[C@H](C)O[C@@H](C)C2)ncn1. The molecule has 2 heterocycles. The number of anilines is 1. The molecule has 0 aliphatic carbocycles. The molecule has 82 valence electrons. The van der Waals surface area contributed by atoms with Crippen LogP contribution in [0, 0.1) is 6.92 Å². The van der Waals surface area contributed by atoms with E-state index in [2.05, 4.69) is 28.7 Å². The molecule has 0 bridgehead atoms. The Morgan fingerprint density at radius 1 is 1.27 bits per heavy atom. The number of ether oxygens (including phenoxy) is 1. The first kappa shape index (κ1) is 10.4. The number of hydrogen-bond acceptors (Lipinski definition) is 4. The summed E-state index contributed by atoms with van der Waals surface area (Å²) in [5.74, 6) is 1.00. The van der Waals surface area contributed by atoms with Gasteiger partial charge in [0.25, 0.3) is 0 Å². The van der Waals surface area contributed by atoms with E-state index in [4.69, 9.17) is 4.74 Å². The fourth-order valence-corrected chi connectivity index (χ4v) is 1.98. The summed E-state index contributed by atoms with van der Waals surface area (Å²) < 4.78 is 5.68. The lowest BCUT2D eigenvalue weighted by Crippen LogP contribution is -2.45. The van der Waals surface area contributed by atoms with Gasteiger partial charge in [-0.15, -0.1) is 0 Å². The fraction of sp³-hybridized carbons (Fsp3) is 0.636. The molecule has 0 spiro atoms. The molecular weight excluding hydrogens is 190 g/mol. The average molecular weight is 207 g/mol. The highest BCUT2D eigenvalue weighted by molar-refractivity contribution is 5.39. The molecule has 4 nitrogen and oxygen atoms in total. The van der Waals surface area contributed by atoms with Crippen molar-refractivity contribution in [1.29, 1.82) is 0 Å². The molecule has 1 aromatic heterocycles. The van der Waals surface area contributed by atoms with Gasteiger partial charge >= 0.3 is 0 Å². The molecule has 1 saturated heterocycles. The minimum atomic E-state index is 0.268. The normalized spacial score (nSPS) is 26.7. The Bertz CT molecular complexity index is 332. The Morgan fingerprint density at radius 3 is 2.53 bits per heavy atom. The first-order valence-corrected chi connectivity index (χ1v) is 5.34. The third-order valence-electron chi connectivity index (χ3n) is 2.53. The summed E-state index contributed by atoms with van der Waals surface area (Å²) >= 11 is 0. The van der Waals surface area contributed by atoms with E-state index in [-0.39, 0.29) is 12.2 Å². The average Bonchev–Trinajstić information content (AvgIpc) is 2.16. The van der Waals surface area contributed by atoms with Gasteiger partial charge in [-0.05, 0) is 20.8 Å². The number of aryl methyl sites for hydroxylation is 1. The summed E-state index contributed by atoms with van der Waals surface area (Å²) in [5.41, 5.74) is 1.01. The second kappa shape index (κ2) is 4.14. The minimum absolute atomic E-state index is 0.268. The molecule has 1 aliphatic rings. The van der Waals surface area contributed by atoms with Gasteiger partial charge in [-0.3, -0.25) is 0 Å². The minimum Gasteiger partial charge on any atom is -0.372 e. The van der Waals surface area contributed by atoms with Crippen LogP contribution in [0.25, 0.3) is 0 Å². The molecule has 15 heavy (non-hydrogen) atoms. The van der Waals surface area contributed by atoms with Gasteiger partial charge in [-0.2, -0.15) is 0 Å². The smallest absolute Gasteiger partial charge is 0.132 e. The maximum Gasteiger partial charge on any atom is 0.132 e. The van der Waals surface area contributed by atoms with Crippen molar-refractivity contribution < 1.29 is 4.74 Å². The zero-order valence-electron chi connectivity index (χ0n) is 9.47. The van der Waals surface area contributed by atoms with Crippen molar-refractivity contribution in [2.24, 2.45) is 0 Å². The van der Waals surface area contributed by atoms with Crippen LogP contribution in [0.5, 0.6) is 0 Å². The van der Waals surface area contributed by atoms with Gasteiger partial charge in [0.15, 0.2) is 0 Å². The molecule has 2 atom stereocenters. The van der Waals surface area contributed by atoms with E-state index >= 15 is 0 Å². The molecule has 4 heteroatoms. The van der Waals surface area contributed by atoms with Crippen LogP contribution in [0.15, 0.2) is 12.4 Å². The van der Waals surface area contributed by atoms with Crippen molar-refractivity contribution in [2.75, 3.05) is 18.0 Å². The summed E-state index contributed by atoms with van der Waals surface area (Å²) in [6.45, 7) is 7.98. The Balaban J connectivity index is 2.16. The van der Waals surface area contributed by atoms with Gasteiger partial charge < -0.3 is 9.64 Å². The summed E-state index contributed by atoms with van der Waals surface area (Å²) in [7, 11) is 0. The third-order valence-corrected chi connectivity index (χ3v) is 2.53. The molecule has 0 saturated carbocycles. The van der Waals surface area contributed by atoms with E-state index in [1.807, 2.05) is 13.0 Å². The molecule has 0 amide bonds. The van der Waals surface area contributed by atoms with Gasteiger partial charge in [0.2, 0.25) is 0 Å². The Hall–Kier alpha value is -1.16. The molecule has 0 radical (unpaired) electrons. The lowest BCUT2D eigenvalue weighted by atomic mass is 10.2. The van der Waals surface area contributed by atoms with Crippen LogP contribution in [0.1, 0.15) is 19.5 Å². The van der Waals surface area contributed by atoms with Crippen LogP contribution in [-0.2, 0) is 4.74 Å². The van der Waals surface area contributed by atoms with Crippen molar-refractivity contribution in [1.82, 2.24) is 9.97 Å². The molecule has 1 aromatic rings. The summed E-state index contributed by atoms with van der Waals surface area (Å²) in [5, 5.41) is 0. The second-order valence-corrected chi connectivity index (χ2v) is 4.18. The van der Waals surface area contributed by atoms with Crippen LogP contribution < -0.4 is 4.90 Å². The fourth-order valence-electron chi connectivity index (χ4n) is 1.98. The van der Waals surface area contributed by atoms with E-state index in [0.29, 0.717) is 0 Å². The van der Waals surface area contributed by atoms with Crippen LogP contribution in [-0.4, -0.2) is 35.3 Å². The number of rotatable bonds is 1. The van der Waals surface area contributed by atoms with Crippen molar-refractivity contribution in [3.05, 3.63) is 18.1 Å².